The molecule has 0 saturated carbocycles. The molecule has 0 aliphatic carbocycles. The van der Waals surface area contributed by atoms with Gasteiger partial charge in [-0.25, -0.2) is 0 Å². The van der Waals surface area contributed by atoms with Crippen LogP contribution in [0.5, 0.6) is 0 Å². The van der Waals surface area contributed by atoms with E-state index in [0.29, 0.717) is 0 Å². The highest BCUT2D eigenvalue weighted by Gasteiger charge is 2.12. The van der Waals surface area contributed by atoms with Gasteiger partial charge in [-0.05, 0) is 51.4 Å². The number of rotatable bonds is 7. The first-order chi connectivity index (χ1) is 7.65. The van der Waals surface area contributed by atoms with Gasteiger partial charge in [0.05, 0.1) is 6.10 Å². The summed E-state index contributed by atoms with van der Waals surface area (Å²) in [5, 5.41) is 13.4. The molecule has 1 heterocycles. The van der Waals surface area contributed by atoms with E-state index < -0.39 is 0 Å². The molecule has 3 heteroatoms. The number of hydrogen-bond donors (Lipinski definition) is 2. The first-order valence-corrected chi connectivity index (χ1v) is 6.92. The van der Waals surface area contributed by atoms with Gasteiger partial charge < -0.3 is 10.4 Å². The van der Waals surface area contributed by atoms with Crippen molar-refractivity contribution in [2.45, 2.75) is 46.1 Å². The lowest BCUT2D eigenvalue weighted by molar-refractivity contribution is 0.166. The molecule has 0 spiro atoms. The zero-order valence-electron chi connectivity index (χ0n) is 10.5. The molecule has 0 radical (unpaired) electrons. The smallest absolute Gasteiger partial charge is 0.0812 e. The van der Waals surface area contributed by atoms with Crippen molar-refractivity contribution in [1.82, 2.24) is 5.32 Å². The van der Waals surface area contributed by atoms with Crippen LogP contribution in [0, 0.1) is 13.8 Å². The maximum absolute atomic E-state index is 10.0. The molecule has 0 bridgehead atoms. The van der Waals surface area contributed by atoms with Gasteiger partial charge in [-0.2, -0.15) is 0 Å². The number of aliphatic hydroxyl groups is 1. The van der Waals surface area contributed by atoms with Crippen LogP contribution in [-0.2, 0) is 0 Å². The predicted octanol–water partition coefficient (Wildman–Crippen LogP) is 3.18. The van der Waals surface area contributed by atoms with Gasteiger partial charge in [0.25, 0.3) is 0 Å². The minimum atomic E-state index is -0.306. The van der Waals surface area contributed by atoms with Crippen molar-refractivity contribution in [2.24, 2.45) is 0 Å². The van der Waals surface area contributed by atoms with Crippen molar-refractivity contribution < 1.29 is 5.11 Å². The molecule has 0 fully saturated rings. The molecule has 1 rings (SSSR count). The van der Waals surface area contributed by atoms with Crippen LogP contribution in [-0.4, -0.2) is 18.2 Å². The largest absolute Gasteiger partial charge is 0.388 e. The Balaban J connectivity index is 2.29. The molecule has 1 aromatic rings. The Morgan fingerprint density at radius 1 is 1.38 bits per heavy atom. The maximum Gasteiger partial charge on any atom is 0.0812 e. The Hall–Kier alpha value is -0.380. The maximum atomic E-state index is 10.0. The highest BCUT2D eigenvalue weighted by atomic mass is 32.1. The molecule has 0 aromatic carbocycles. The quantitative estimate of drug-likeness (QED) is 0.719. The van der Waals surface area contributed by atoms with E-state index in [2.05, 4.69) is 32.2 Å². The van der Waals surface area contributed by atoms with Crippen LogP contribution in [0.3, 0.4) is 0 Å². The molecule has 92 valence electrons. The van der Waals surface area contributed by atoms with Gasteiger partial charge in [-0.1, -0.05) is 13.3 Å². The molecule has 1 aromatic heterocycles. The highest BCUT2D eigenvalue weighted by molar-refractivity contribution is 7.12. The van der Waals surface area contributed by atoms with E-state index in [1.807, 2.05) is 0 Å². The molecular weight excluding hydrogens is 218 g/mol. The van der Waals surface area contributed by atoms with Gasteiger partial charge in [0, 0.05) is 9.75 Å². The lowest BCUT2D eigenvalue weighted by atomic mass is 10.1. The van der Waals surface area contributed by atoms with Gasteiger partial charge in [0.2, 0.25) is 0 Å². The second-order valence-electron chi connectivity index (χ2n) is 4.28. The van der Waals surface area contributed by atoms with Crippen LogP contribution in [0.1, 0.15) is 47.6 Å². The summed E-state index contributed by atoms with van der Waals surface area (Å²) in [6.45, 7) is 8.32. The SMILES string of the molecule is CCCCNCCC(O)c1cc(C)sc1C. The number of aryl methyl sites for hydroxylation is 2. The zero-order valence-corrected chi connectivity index (χ0v) is 11.4. The van der Waals surface area contributed by atoms with E-state index in [1.165, 1.54) is 22.6 Å². The average Bonchev–Trinajstić information content (AvgIpc) is 2.57. The second-order valence-corrected chi connectivity index (χ2v) is 5.74. The van der Waals surface area contributed by atoms with E-state index in [9.17, 15) is 5.11 Å². The molecule has 0 aliphatic heterocycles. The molecule has 16 heavy (non-hydrogen) atoms. The third kappa shape index (κ3) is 4.24. The van der Waals surface area contributed by atoms with Crippen molar-refractivity contribution in [2.75, 3.05) is 13.1 Å². The molecule has 1 unspecified atom stereocenters. The fourth-order valence-electron chi connectivity index (χ4n) is 1.80. The van der Waals surface area contributed by atoms with Crippen molar-refractivity contribution in [3.8, 4) is 0 Å². The van der Waals surface area contributed by atoms with E-state index >= 15 is 0 Å². The number of aliphatic hydroxyl groups excluding tert-OH is 1. The summed E-state index contributed by atoms with van der Waals surface area (Å²) in [6.07, 6.45) is 2.94. The van der Waals surface area contributed by atoms with Crippen molar-refractivity contribution in [3.05, 3.63) is 21.4 Å². The Labute approximate surface area is 103 Å². The van der Waals surface area contributed by atoms with Crippen molar-refractivity contribution in [3.63, 3.8) is 0 Å². The second kappa shape index (κ2) is 7.05. The monoisotopic (exact) mass is 241 g/mol. The molecule has 2 N–H and O–H groups in total. The van der Waals surface area contributed by atoms with Crippen LogP contribution in [0.4, 0.5) is 0 Å². The fourth-order valence-corrected chi connectivity index (χ4v) is 2.78. The standard InChI is InChI=1S/C13H23NOS/c1-4-5-7-14-8-6-13(15)12-9-10(2)16-11(12)3/h9,13-15H,4-8H2,1-3H3. The summed E-state index contributed by atoms with van der Waals surface area (Å²) in [4.78, 5) is 2.53. The third-order valence-corrected chi connectivity index (χ3v) is 3.72. The summed E-state index contributed by atoms with van der Waals surface area (Å²) in [5.74, 6) is 0. The molecule has 0 amide bonds. The molecule has 0 saturated heterocycles. The van der Waals surface area contributed by atoms with Gasteiger partial charge >= 0.3 is 0 Å². The lowest BCUT2D eigenvalue weighted by Gasteiger charge is -2.10. The minimum absolute atomic E-state index is 0.306. The fraction of sp³-hybridized carbons (Fsp3) is 0.692. The predicted molar refractivity (Wildman–Crippen MR) is 71.1 cm³/mol. The highest BCUT2D eigenvalue weighted by Crippen LogP contribution is 2.27. The summed E-state index contributed by atoms with van der Waals surface area (Å²) >= 11 is 1.76. The van der Waals surface area contributed by atoms with Gasteiger partial charge in [0.1, 0.15) is 0 Å². The van der Waals surface area contributed by atoms with Crippen LogP contribution in [0.25, 0.3) is 0 Å². The van der Waals surface area contributed by atoms with E-state index in [1.54, 1.807) is 11.3 Å². The van der Waals surface area contributed by atoms with E-state index in [-0.39, 0.29) is 6.10 Å². The summed E-state index contributed by atoms with van der Waals surface area (Å²) < 4.78 is 0. The van der Waals surface area contributed by atoms with E-state index in [4.69, 9.17) is 0 Å². The number of nitrogens with one attached hydrogen (secondary N) is 1. The Morgan fingerprint density at radius 2 is 2.12 bits per heavy atom. The molecular formula is C13H23NOS. The third-order valence-electron chi connectivity index (χ3n) is 2.74. The van der Waals surface area contributed by atoms with Crippen LogP contribution < -0.4 is 5.32 Å². The van der Waals surface area contributed by atoms with Gasteiger partial charge in [0.15, 0.2) is 0 Å². The van der Waals surface area contributed by atoms with E-state index in [0.717, 1.165) is 25.1 Å². The number of thiophene rings is 1. The normalized spacial score (nSPS) is 13.0. The van der Waals surface area contributed by atoms with Gasteiger partial charge in [-0.3, -0.25) is 0 Å². The molecule has 0 aliphatic rings. The topological polar surface area (TPSA) is 32.3 Å². The molecule has 2 nitrogen and oxygen atoms in total. The van der Waals surface area contributed by atoms with Crippen LogP contribution in [0.15, 0.2) is 6.07 Å². The van der Waals surface area contributed by atoms with Crippen molar-refractivity contribution in [1.29, 1.82) is 0 Å². The van der Waals surface area contributed by atoms with Crippen molar-refractivity contribution >= 4 is 11.3 Å². The first-order valence-electron chi connectivity index (χ1n) is 6.10. The summed E-state index contributed by atoms with van der Waals surface area (Å²) in [5.41, 5.74) is 1.11. The lowest BCUT2D eigenvalue weighted by Crippen LogP contribution is -2.18. The number of unbranched alkanes of at least 4 members (excludes halogenated alkanes) is 1. The molecule has 1 atom stereocenters. The average molecular weight is 241 g/mol. The van der Waals surface area contributed by atoms with Crippen LogP contribution >= 0.6 is 11.3 Å². The summed E-state index contributed by atoms with van der Waals surface area (Å²) in [6, 6.07) is 2.11. The van der Waals surface area contributed by atoms with Gasteiger partial charge in [-0.15, -0.1) is 11.3 Å². The zero-order chi connectivity index (χ0) is 12.0. The van der Waals surface area contributed by atoms with Crippen LogP contribution in [0.2, 0.25) is 0 Å². The minimum Gasteiger partial charge on any atom is -0.388 e. The summed E-state index contributed by atoms with van der Waals surface area (Å²) in [7, 11) is 0. The number of hydrogen-bond acceptors (Lipinski definition) is 3. The Kier molecular flexibility index (Phi) is 6.03. The Morgan fingerprint density at radius 3 is 2.69 bits per heavy atom. The Bertz CT molecular complexity index is 309. The first kappa shape index (κ1) is 13.7.